The molecule has 21 heavy (non-hydrogen) atoms. The van der Waals surface area contributed by atoms with Crippen LogP contribution in [0.25, 0.3) is 0 Å². The number of allylic oxidation sites excluding steroid dienone is 2. The van der Waals surface area contributed by atoms with Crippen LogP contribution in [0.2, 0.25) is 0 Å². The Morgan fingerprint density at radius 2 is 2.19 bits per heavy atom. The van der Waals surface area contributed by atoms with Crippen LogP contribution in [0.15, 0.2) is 12.2 Å². The first-order chi connectivity index (χ1) is 10.1. The Morgan fingerprint density at radius 1 is 1.38 bits per heavy atom. The maximum absolute atomic E-state index is 12.4. The summed E-state index contributed by atoms with van der Waals surface area (Å²) in [5.41, 5.74) is 2.55. The molecule has 1 amide bonds. The van der Waals surface area contributed by atoms with Gasteiger partial charge in [-0.15, -0.1) is 0 Å². The standard InChI is InChI=1S/C17H25N3O/c1-4-20-12(3)16(11(2)19-20)17(21)18-8-7-15-10-13-5-6-14(15)9-13/h5-6,13-15H,4,7-10H2,1-3H3,(H,18,21)/t13-,14+,15-/m1/s1. The molecule has 2 aliphatic carbocycles. The van der Waals surface area contributed by atoms with Crippen molar-refractivity contribution in [2.45, 2.75) is 46.6 Å². The largest absolute Gasteiger partial charge is 0.352 e. The molecule has 0 unspecified atom stereocenters. The van der Waals surface area contributed by atoms with Gasteiger partial charge in [-0.1, -0.05) is 12.2 Å². The summed E-state index contributed by atoms with van der Waals surface area (Å²) < 4.78 is 1.89. The highest BCUT2D eigenvalue weighted by atomic mass is 16.1. The molecule has 3 rings (SSSR count). The van der Waals surface area contributed by atoms with Crippen LogP contribution in [0.5, 0.6) is 0 Å². The lowest BCUT2D eigenvalue weighted by Gasteiger charge is -2.18. The second kappa shape index (κ2) is 5.66. The van der Waals surface area contributed by atoms with Gasteiger partial charge in [-0.2, -0.15) is 5.10 Å². The average Bonchev–Trinajstić information content (AvgIpc) is 3.13. The maximum atomic E-state index is 12.4. The van der Waals surface area contributed by atoms with Crippen molar-refractivity contribution in [3.8, 4) is 0 Å². The number of carbonyl (C=O) groups is 1. The molecule has 0 aliphatic heterocycles. The van der Waals surface area contributed by atoms with E-state index in [2.05, 4.69) is 22.6 Å². The normalized spacial score (nSPS) is 26.5. The Kier molecular flexibility index (Phi) is 3.87. The molecule has 0 aromatic carbocycles. The second-order valence-corrected chi connectivity index (χ2v) is 6.45. The fourth-order valence-corrected chi connectivity index (χ4v) is 4.02. The van der Waals surface area contributed by atoms with Crippen molar-refractivity contribution in [3.05, 3.63) is 29.1 Å². The first kappa shape index (κ1) is 14.4. The molecule has 0 radical (unpaired) electrons. The van der Waals surface area contributed by atoms with E-state index in [0.717, 1.165) is 54.2 Å². The van der Waals surface area contributed by atoms with Crippen molar-refractivity contribution in [1.82, 2.24) is 15.1 Å². The van der Waals surface area contributed by atoms with Gasteiger partial charge in [0.05, 0.1) is 11.3 Å². The molecule has 3 atom stereocenters. The van der Waals surface area contributed by atoms with Gasteiger partial charge in [0.15, 0.2) is 0 Å². The van der Waals surface area contributed by atoms with Crippen molar-refractivity contribution in [2.24, 2.45) is 17.8 Å². The molecule has 1 aromatic rings. The molecule has 1 aromatic heterocycles. The van der Waals surface area contributed by atoms with E-state index in [-0.39, 0.29) is 5.91 Å². The van der Waals surface area contributed by atoms with E-state index in [0.29, 0.717) is 0 Å². The lowest BCUT2D eigenvalue weighted by molar-refractivity contribution is 0.0949. The maximum Gasteiger partial charge on any atom is 0.255 e. The van der Waals surface area contributed by atoms with E-state index >= 15 is 0 Å². The molecular formula is C17H25N3O. The summed E-state index contributed by atoms with van der Waals surface area (Å²) in [6.07, 6.45) is 8.48. The first-order valence-corrected chi connectivity index (χ1v) is 8.10. The zero-order valence-electron chi connectivity index (χ0n) is 13.2. The summed E-state index contributed by atoms with van der Waals surface area (Å²) in [7, 11) is 0. The lowest BCUT2D eigenvalue weighted by atomic mass is 9.90. The van der Waals surface area contributed by atoms with Gasteiger partial charge in [0, 0.05) is 18.8 Å². The minimum atomic E-state index is 0.0309. The predicted octanol–water partition coefficient (Wildman–Crippen LogP) is 2.85. The van der Waals surface area contributed by atoms with E-state index < -0.39 is 0 Å². The monoisotopic (exact) mass is 287 g/mol. The second-order valence-electron chi connectivity index (χ2n) is 6.45. The van der Waals surface area contributed by atoms with Crippen LogP contribution in [0.1, 0.15) is 47.9 Å². The molecule has 4 heteroatoms. The van der Waals surface area contributed by atoms with E-state index in [1.54, 1.807) is 0 Å². The third kappa shape index (κ3) is 2.63. The predicted molar refractivity (Wildman–Crippen MR) is 83.2 cm³/mol. The molecule has 2 bridgehead atoms. The molecule has 0 saturated heterocycles. The number of fused-ring (bicyclic) bond motifs is 2. The Bertz CT molecular complexity index is 573. The topological polar surface area (TPSA) is 46.9 Å². The molecule has 2 aliphatic rings. The minimum absolute atomic E-state index is 0.0309. The molecule has 114 valence electrons. The van der Waals surface area contributed by atoms with Crippen molar-refractivity contribution >= 4 is 5.91 Å². The number of rotatable bonds is 5. The molecule has 1 saturated carbocycles. The van der Waals surface area contributed by atoms with Gasteiger partial charge >= 0.3 is 0 Å². The molecule has 1 fully saturated rings. The van der Waals surface area contributed by atoms with Gasteiger partial charge in [0.1, 0.15) is 0 Å². The molecular weight excluding hydrogens is 262 g/mol. The van der Waals surface area contributed by atoms with Crippen LogP contribution in [-0.4, -0.2) is 22.2 Å². The summed E-state index contributed by atoms with van der Waals surface area (Å²) in [4.78, 5) is 12.4. The molecule has 1 heterocycles. The number of nitrogens with one attached hydrogen (secondary N) is 1. The Balaban J connectivity index is 1.55. The van der Waals surface area contributed by atoms with Crippen molar-refractivity contribution in [3.63, 3.8) is 0 Å². The number of aryl methyl sites for hydroxylation is 2. The minimum Gasteiger partial charge on any atom is -0.352 e. The van der Waals surface area contributed by atoms with Gasteiger partial charge in [-0.3, -0.25) is 9.48 Å². The smallest absolute Gasteiger partial charge is 0.255 e. The summed E-state index contributed by atoms with van der Waals surface area (Å²) in [6.45, 7) is 7.51. The van der Waals surface area contributed by atoms with Crippen LogP contribution in [0.3, 0.4) is 0 Å². The van der Waals surface area contributed by atoms with Crippen molar-refractivity contribution in [1.29, 1.82) is 0 Å². The van der Waals surface area contributed by atoms with Gasteiger partial charge in [0.25, 0.3) is 5.91 Å². The number of hydrogen-bond donors (Lipinski definition) is 1. The fraction of sp³-hybridized carbons (Fsp3) is 0.647. The number of nitrogens with zero attached hydrogens (tertiary/aromatic N) is 2. The molecule has 0 spiro atoms. The fourth-order valence-electron chi connectivity index (χ4n) is 4.02. The van der Waals surface area contributed by atoms with Gasteiger partial charge in [0.2, 0.25) is 0 Å². The highest BCUT2D eigenvalue weighted by Crippen LogP contribution is 2.44. The quantitative estimate of drug-likeness (QED) is 0.847. The third-order valence-electron chi connectivity index (χ3n) is 5.13. The average molecular weight is 287 g/mol. The summed E-state index contributed by atoms with van der Waals surface area (Å²) in [6, 6.07) is 0. The highest BCUT2D eigenvalue weighted by Gasteiger charge is 2.35. The Morgan fingerprint density at radius 3 is 2.76 bits per heavy atom. The van der Waals surface area contributed by atoms with Gasteiger partial charge in [-0.25, -0.2) is 0 Å². The molecule has 1 N–H and O–H groups in total. The Labute approximate surface area is 126 Å². The van der Waals surface area contributed by atoms with E-state index in [1.165, 1.54) is 12.8 Å². The van der Waals surface area contributed by atoms with Crippen LogP contribution in [0.4, 0.5) is 0 Å². The number of carbonyl (C=O) groups excluding carboxylic acids is 1. The summed E-state index contributed by atoms with van der Waals surface area (Å²) >= 11 is 0. The number of amides is 1. The van der Waals surface area contributed by atoms with Gasteiger partial charge < -0.3 is 5.32 Å². The lowest BCUT2D eigenvalue weighted by Crippen LogP contribution is -2.27. The Hall–Kier alpha value is -1.58. The zero-order chi connectivity index (χ0) is 15.0. The summed E-state index contributed by atoms with van der Waals surface area (Å²) in [5, 5.41) is 7.50. The summed E-state index contributed by atoms with van der Waals surface area (Å²) in [5.74, 6) is 2.37. The van der Waals surface area contributed by atoms with Crippen LogP contribution < -0.4 is 5.32 Å². The third-order valence-corrected chi connectivity index (χ3v) is 5.13. The van der Waals surface area contributed by atoms with E-state index in [4.69, 9.17) is 0 Å². The number of hydrogen-bond acceptors (Lipinski definition) is 2. The molecule has 4 nitrogen and oxygen atoms in total. The SMILES string of the molecule is CCn1nc(C)c(C(=O)NCC[C@@H]2C[C@@H]3C=C[C@H]2C3)c1C. The van der Waals surface area contributed by atoms with Gasteiger partial charge in [-0.05, 0) is 57.8 Å². The van der Waals surface area contributed by atoms with Crippen molar-refractivity contribution in [2.75, 3.05) is 6.54 Å². The van der Waals surface area contributed by atoms with E-state index in [9.17, 15) is 4.79 Å². The van der Waals surface area contributed by atoms with Crippen molar-refractivity contribution < 1.29 is 4.79 Å². The van der Waals surface area contributed by atoms with Crippen LogP contribution >= 0.6 is 0 Å². The number of aromatic nitrogens is 2. The first-order valence-electron chi connectivity index (χ1n) is 8.10. The zero-order valence-corrected chi connectivity index (χ0v) is 13.2. The highest BCUT2D eigenvalue weighted by molar-refractivity contribution is 5.96. The van der Waals surface area contributed by atoms with Crippen LogP contribution in [-0.2, 0) is 6.54 Å². The van der Waals surface area contributed by atoms with Crippen LogP contribution in [0, 0.1) is 31.6 Å². The van der Waals surface area contributed by atoms with E-state index in [1.807, 2.05) is 25.5 Å².